The van der Waals surface area contributed by atoms with Gasteiger partial charge < -0.3 is 5.32 Å². The molecule has 2 aromatic carbocycles. The van der Waals surface area contributed by atoms with Crippen LogP contribution in [0.1, 0.15) is 30.0 Å². The lowest BCUT2D eigenvalue weighted by Crippen LogP contribution is -2.22. The molecule has 1 fully saturated rings. The molecule has 0 spiro atoms. The van der Waals surface area contributed by atoms with Crippen molar-refractivity contribution in [1.82, 2.24) is 5.32 Å². The molecule has 0 radical (unpaired) electrons. The highest BCUT2D eigenvalue weighted by Crippen LogP contribution is 2.41. The molecule has 1 unspecified atom stereocenters. The summed E-state index contributed by atoms with van der Waals surface area (Å²) in [7, 11) is 0. The topological polar surface area (TPSA) is 12.0 Å². The Morgan fingerprint density at radius 2 is 1.75 bits per heavy atom. The van der Waals surface area contributed by atoms with Crippen molar-refractivity contribution >= 4 is 0 Å². The Balaban J connectivity index is 1.70. The summed E-state index contributed by atoms with van der Waals surface area (Å²) in [5, 5.41) is 3.47. The highest BCUT2D eigenvalue weighted by Gasteiger charge is 2.31. The Labute approximate surface area is 117 Å². The van der Waals surface area contributed by atoms with Crippen molar-refractivity contribution in [2.24, 2.45) is 5.92 Å². The Kier molecular flexibility index (Phi) is 3.79. The van der Waals surface area contributed by atoms with E-state index in [1.165, 1.54) is 31.0 Å². The Hall–Kier alpha value is -1.74. The van der Waals surface area contributed by atoms with Gasteiger partial charge in [0.05, 0.1) is 0 Å². The average Bonchev–Trinajstić information content (AvgIpc) is 3.26. The molecule has 3 rings (SSSR count). The molecule has 3 heteroatoms. The lowest BCUT2D eigenvalue weighted by atomic mass is 10.0. The zero-order valence-electron chi connectivity index (χ0n) is 11.2. The Morgan fingerprint density at radius 3 is 2.40 bits per heavy atom. The van der Waals surface area contributed by atoms with E-state index in [4.69, 9.17) is 0 Å². The maximum atomic E-state index is 13.2. The number of hydrogen-bond acceptors (Lipinski definition) is 1. The molecule has 2 aromatic rings. The molecule has 1 N–H and O–H groups in total. The second kappa shape index (κ2) is 5.71. The van der Waals surface area contributed by atoms with Crippen molar-refractivity contribution in [3.63, 3.8) is 0 Å². The summed E-state index contributed by atoms with van der Waals surface area (Å²) in [6, 6.07) is 13.5. The minimum absolute atomic E-state index is 0.214. The third kappa shape index (κ3) is 3.23. The summed E-state index contributed by atoms with van der Waals surface area (Å²) in [6.45, 7) is 0.621. The van der Waals surface area contributed by atoms with Crippen molar-refractivity contribution in [2.75, 3.05) is 0 Å². The van der Waals surface area contributed by atoms with Crippen LogP contribution in [0.25, 0.3) is 0 Å². The molecule has 1 aliphatic rings. The summed E-state index contributed by atoms with van der Waals surface area (Å²) in [4.78, 5) is 0. The van der Waals surface area contributed by atoms with Crippen molar-refractivity contribution in [3.05, 3.63) is 71.3 Å². The zero-order chi connectivity index (χ0) is 13.9. The van der Waals surface area contributed by atoms with Gasteiger partial charge in [-0.15, -0.1) is 0 Å². The van der Waals surface area contributed by atoms with Crippen LogP contribution in [0.5, 0.6) is 0 Å². The smallest absolute Gasteiger partial charge is 0.123 e. The first-order valence-corrected chi connectivity index (χ1v) is 6.95. The van der Waals surface area contributed by atoms with Crippen LogP contribution in [0.4, 0.5) is 8.78 Å². The molecule has 104 valence electrons. The molecular formula is C17H17F2N. The van der Waals surface area contributed by atoms with Gasteiger partial charge in [0.25, 0.3) is 0 Å². The summed E-state index contributed by atoms with van der Waals surface area (Å²) < 4.78 is 26.2. The monoisotopic (exact) mass is 273 g/mol. The largest absolute Gasteiger partial charge is 0.306 e. The first-order chi connectivity index (χ1) is 9.72. The van der Waals surface area contributed by atoms with Gasteiger partial charge in [0.15, 0.2) is 0 Å². The van der Waals surface area contributed by atoms with Gasteiger partial charge in [-0.2, -0.15) is 0 Å². The molecular weight excluding hydrogens is 256 g/mol. The fourth-order valence-corrected chi connectivity index (χ4v) is 2.53. The zero-order valence-corrected chi connectivity index (χ0v) is 11.2. The number of hydrogen-bond donors (Lipinski definition) is 1. The van der Waals surface area contributed by atoms with E-state index in [2.05, 4.69) is 5.32 Å². The van der Waals surface area contributed by atoms with E-state index in [1.807, 2.05) is 18.2 Å². The SMILES string of the molecule is Fc1ccc(C(NCc2cccc(F)c2)C2CC2)cc1. The molecule has 0 amide bonds. The lowest BCUT2D eigenvalue weighted by molar-refractivity contribution is 0.478. The van der Waals surface area contributed by atoms with Crippen LogP contribution >= 0.6 is 0 Å². The lowest BCUT2D eigenvalue weighted by Gasteiger charge is -2.19. The van der Waals surface area contributed by atoms with Gasteiger partial charge in [0.2, 0.25) is 0 Å². The summed E-state index contributed by atoms with van der Waals surface area (Å²) in [5.41, 5.74) is 2.03. The van der Waals surface area contributed by atoms with E-state index in [0.717, 1.165) is 11.1 Å². The highest BCUT2D eigenvalue weighted by molar-refractivity contribution is 5.23. The minimum atomic E-state index is -0.214. The molecule has 0 bridgehead atoms. The molecule has 0 aliphatic heterocycles. The van der Waals surface area contributed by atoms with Gasteiger partial charge in [-0.25, -0.2) is 8.78 Å². The predicted octanol–water partition coefficient (Wildman–Crippen LogP) is 4.21. The number of benzene rings is 2. The summed E-state index contributed by atoms with van der Waals surface area (Å²) in [6.07, 6.45) is 2.39. The maximum absolute atomic E-state index is 13.2. The second-order valence-electron chi connectivity index (χ2n) is 5.38. The number of rotatable bonds is 5. The van der Waals surface area contributed by atoms with Crippen molar-refractivity contribution in [3.8, 4) is 0 Å². The van der Waals surface area contributed by atoms with Crippen molar-refractivity contribution < 1.29 is 8.78 Å². The molecule has 1 atom stereocenters. The molecule has 20 heavy (non-hydrogen) atoms. The van der Waals surface area contributed by atoms with Crippen molar-refractivity contribution in [2.45, 2.75) is 25.4 Å². The van der Waals surface area contributed by atoms with E-state index in [-0.39, 0.29) is 17.7 Å². The van der Waals surface area contributed by atoms with E-state index in [0.29, 0.717) is 12.5 Å². The maximum Gasteiger partial charge on any atom is 0.123 e. The summed E-state index contributed by atoms with van der Waals surface area (Å²) in [5.74, 6) is 0.177. The fourth-order valence-electron chi connectivity index (χ4n) is 2.53. The van der Waals surface area contributed by atoms with Crippen LogP contribution in [0.15, 0.2) is 48.5 Å². The third-order valence-corrected chi connectivity index (χ3v) is 3.74. The van der Waals surface area contributed by atoms with Crippen molar-refractivity contribution in [1.29, 1.82) is 0 Å². The van der Waals surface area contributed by atoms with Crippen LogP contribution in [0, 0.1) is 17.6 Å². The van der Waals surface area contributed by atoms with Crippen LogP contribution in [0.2, 0.25) is 0 Å². The first-order valence-electron chi connectivity index (χ1n) is 6.95. The quantitative estimate of drug-likeness (QED) is 0.860. The molecule has 0 aromatic heterocycles. The molecule has 1 saturated carbocycles. The first kappa shape index (κ1) is 13.3. The normalized spacial score (nSPS) is 16.1. The second-order valence-corrected chi connectivity index (χ2v) is 5.38. The van der Waals surface area contributed by atoms with E-state index in [9.17, 15) is 8.78 Å². The number of halogens is 2. The average molecular weight is 273 g/mol. The van der Waals surface area contributed by atoms with E-state index >= 15 is 0 Å². The molecule has 0 heterocycles. The van der Waals surface area contributed by atoms with Gasteiger partial charge >= 0.3 is 0 Å². The minimum Gasteiger partial charge on any atom is -0.306 e. The van der Waals surface area contributed by atoms with Gasteiger partial charge in [-0.1, -0.05) is 24.3 Å². The van der Waals surface area contributed by atoms with Crippen LogP contribution in [-0.4, -0.2) is 0 Å². The van der Waals surface area contributed by atoms with E-state index in [1.54, 1.807) is 12.1 Å². The van der Waals surface area contributed by atoms with Crippen LogP contribution in [0.3, 0.4) is 0 Å². The van der Waals surface area contributed by atoms with Gasteiger partial charge in [-0.3, -0.25) is 0 Å². The van der Waals surface area contributed by atoms with Gasteiger partial charge in [-0.05, 0) is 54.2 Å². The predicted molar refractivity (Wildman–Crippen MR) is 75.1 cm³/mol. The highest BCUT2D eigenvalue weighted by atomic mass is 19.1. The van der Waals surface area contributed by atoms with Crippen LogP contribution in [-0.2, 0) is 6.54 Å². The summed E-state index contributed by atoms with van der Waals surface area (Å²) >= 11 is 0. The van der Waals surface area contributed by atoms with E-state index < -0.39 is 0 Å². The third-order valence-electron chi connectivity index (χ3n) is 3.74. The Bertz CT molecular complexity index is 576. The van der Waals surface area contributed by atoms with Gasteiger partial charge in [0, 0.05) is 12.6 Å². The standard InChI is InChI=1S/C17H17F2N/c18-15-8-6-14(7-9-15)17(13-4-5-13)20-11-12-2-1-3-16(19)10-12/h1-3,6-10,13,17,20H,4-5,11H2. The van der Waals surface area contributed by atoms with Gasteiger partial charge in [0.1, 0.15) is 11.6 Å². The number of nitrogens with one attached hydrogen (secondary N) is 1. The fraction of sp³-hybridized carbons (Fsp3) is 0.294. The molecule has 1 aliphatic carbocycles. The Morgan fingerprint density at radius 1 is 1.00 bits per heavy atom. The van der Waals surface area contributed by atoms with Crippen LogP contribution < -0.4 is 5.32 Å². The molecule has 1 nitrogen and oxygen atoms in total. The molecule has 0 saturated heterocycles.